The molecule has 3 heterocycles. The summed E-state index contributed by atoms with van der Waals surface area (Å²) in [5.74, 6) is 0. The summed E-state index contributed by atoms with van der Waals surface area (Å²) in [6.07, 6.45) is 4.57. The lowest BCUT2D eigenvalue weighted by molar-refractivity contribution is 0.151. The predicted molar refractivity (Wildman–Crippen MR) is 349 cm³/mol. The molecule has 1 aromatic heterocycles. The van der Waals surface area contributed by atoms with Crippen molar-refractivity contribution in [1.29, 1.82) is 0 Å². The fourth-order valence-corrected chi connectivity index (χ4v) is 14.4. The second-order valence-corrected chi connectivity index (χ2v) is 27.4. The standard InChI is InChI=1S/C77H77BN2O/c1-49-64-45-56(75(9,10)11)46-66(49)78-65-38-36-58(79(57-33-30-54(31-34-57)73(3,4)5)59-35-37-61-60-28-20-21-29-70(60)81-71(61)48-59)47-68(65)80(67-39-32-55(74(6,7)8)44-63(67)52-26-18-15-19-27-52)69-43-53(51-24-16-14-17-25-51)42-62(72(69)78)50(2)76(12)40-22-23-41-77(64,76)13/h14-21,24-39,42-48H,2,22-23,40-41H2,1,3-13H3. The first-order valence-electron chi connectivity index (χ1n) is 29.7. The molecule has 4 heteroatoms. The lowest BCUT2D eigenvalue weighted by atomic mass is 9.33. The summed E-state index contributed by atoms with van der Waals surface area (Å²) in [6, 6.07) is 71.5. The molecule has 2 atom stereocenters. The Balaban J connectivity index is 1.18. The molecule has 0 radical (unpaired) electrons. The van der Waals surface area contributed by atoms with Crippen molar-refractivity contribution < 1.29 is 4.42 Å². The second-order valence-electron chi connectivity index (χ2n) is 27.4. The number of para-hydroxylation sites is 1. The molecule has 3 aliphatic rings. The van der Waals surface area contributed by atoms with E-state index in [1.807, 2.05) is 0 Å². The zero-order valence-electron chi connectivity index (χ0n) is 49.8. The molecule has 10 aromatic rings. The van der Waals surface area contributed by atoms with Crippen LogP contribution in [0, 0.1) is 12.3 Å². The second kappa shape index (κ2) is 18.9. The maximum absolute atomic E-state index is 6.68. The van der Waals surface area contributed by atoms with Crippen LogP contribution in [0.2, 0.25) is 0 Å². The number of hydrogen-bond acceptors (Lipinski definition) is 3. The molecule has 9 aromatic carbocycles. The van der Waals surface area contributed by atoms with E-state index in [0.717, 1.165) is 63.2 Å². The fourth-order valence-electron chi connectivity index (χ4n) is 14.4. The van der Waals surface area contributed by atoms with E-state index >= 15 is 0 Å². The summed E-state index contributed by atoms with van der Waals surface area (Å²) >= 11 is 0. The highest BCUT2D eigenvalue weighted by molar-refractivity contribution is 6.98. The minimum absolute atomic E-state index is 0.0105. The predicted octanol–water partition coefficient (Wildman–Crippen LogP) is 19.8. The number of hydrogen-bond donors (Lipinski definition) is 0. The quantitative estimate of drug-likeness (QED) is 0.155. The molecule has 81 heavy (non-hydrogen) atoms. The lowest BCUT2D eigenvalue weighted by Gasteiger charge is -2.53. The van der Waals surface area contributed by atoms with Crippen LogP contribution in [0.4, 0.5) is 34.1 Å². The first-order chi connectivity index (χ1) is 38.6. The van der Waals surface area contributed by atoms with Crippen LogP contribution in [0.15, 0.2) is 199 Å². The van der Waals surface area contributed by atoms with Gasteiger partial charge in [0.25, 0.3) is 0 Å². The molecule has 13 rings (SSSR count). The molecule has 0 spiro atoms. The van der Waals surface area contributed by atoms with Crippen molar-refractivity contribution in [3.63, 3.8) is 0 Å². The maximum Gasteiger partial charge on any atom is 0.247 e. The normalized spacial score (nSPS) is 18.0. The van der Waals surface area contributed by atoms with Gasteiger partial charge in [-0.3, -0.25) is 0 Å². The van der Waals surface area contributed by atoms with E-state index in [0.29, 0.717) is 0 Å². The van der Waals surface area contributed by atoms with Crippen LogP contribution in [0.5, 0.6) is 0 Å². The Morgan fingerprint density at radius 2 is 1.06 bits per heavy atom. The van der Waals surface area contributed by atoms with Gasteiger partial charge in [0.15, 0.2) is 0 Å². The van der Waals surface area contributed by atoms with Gasteiger partial charge in [-0.1, -0.05) is 222 Å². The minimum atomic E-state index is -0.232. The van der Waals surface area contributed by atoms with Gasteiger partial charge in [-0.25, -0.2) is 0 Å². The molecule has 2 aliphatic heterocycles. The molecule has 404 valence electrons. The molecule has 1 saturated carbocycles. The highest BCUT2D eigenvalue weighted by Crippen LogP contribution is 2.60. The van der Waals surface area contributed by atoms with E-state index in [1.165, 1.54) is 96.1 Å². The Hall–Kier alpha value is -7.82. The van der Waals surface area contributed by atoms with Crippen molar-refractivity contribution in [1.82, 2.24) is 0 Å². The Morgan fingerprint density at radius 1 is 0.469 bits per heavy atom. The number of furan rings is 1. The Bertz CT molecular complexity index is 4130. The van der Waals surface area contributed by atoms with Crippen molar-refractivity contribution in [3.05, 3.63) is 228 Å². The minimum Gasteiger partial charge on any atom is -0.456 e. The van der Waals surface area contributed by atoms with Gasteiger partial charge in [-0.15, -0.1) is 0 Å². The smallest absolute Gasteiger partial charge is 0.247 e. The summed E-state index contributed by atoms with van der Waals surface area (Å²) in [5.41, 5.74) is 26.0. The van der Waals surface area contributed by atoms with Gasteiger partial charge in [0, 0.05) is 61.7 Å². The maximum atomic E-state index is 6.68. The zero-order valence-corrected chi connectivity index (χ0v) is 49.8. The van der Waals surface area contributed by atoms with Crippen molar-refractivity contribution in [3.8, 4) is 22.3 Å². The molecule has 1 aliphatic carbocycles. The average Bonchev–Trinajstić information content (AvgIpc) is 3.79. The van der Waals surface area contributed by atoms with Gasteiger partial charge in [-0.05, 0) is 164 Å². The first-order valence-corrected chi connectivity index (χ1v) is 29.7. The van der Waals surface area contributed by atoms with Crippen LogP contribution in [-0.2, 0) is 21.7 Å². The highest BCUT2D eigenvalue weighted by Gasteiger charge is 2.53. The lowest BCUT2D eigenvalue weighted by Crippen LogP contribution is -2.59. The Morgan fingerprint density at radius 3 is 1.75 bits per heavy atom. The van der Waals surface area contributed by atoms with Crippen molar-refractivity contribution in [2.24, 2.45) is 5.41 Å². The summed E-state index contributed by atoms with van der Waals surface area (Å²) < 4.78 is 6.68. The number of anilines is 6. The topological polar surface area (TPSA) is 19.6 Å². The molecular formula is C77H77BN2O. The molecule has 2 bridgehead atoms. The summed E-state index contributed by atoms with van der Waals surface area (Å²) in [5, 5.41) is 2.23. The van der Waals surface area contributed by atoms with Crippen molar-refractivity contribution in [2.75, 3.05) is 9.80 Å². The number of allylic oxidation sites excluding steroid dienone is 1. The third-order valence-corrected chi connectivity index (χ3v) is 19.5. The van der Waals surface area contributed by atoms with Crippen LogP contribution in [0.3, 0.4) is 0 Å². The third kappa shape index (κ3) is 8.53. The SMILES string of the molecule is C=C1c2cc(-c3ccccc3)cc3c2B(c2ccc(N(c4ccc(C(C)(C)C)cc4)c4ccc5c(c4)oc4ccccc45)cc2N3c2ccc(C(C)(C)C)cc2-c2ccccc2)c2cc(C(C)(C)C)cc(c2C)C2(C)CCCCC12C. The van der Waals surface area contributed by atoms with E-state index in [9.17, 15) is 0 Å². The summed E-state index contributed by atoms with van der Waals surface area (Å²) in [6.45, 7) is 34.0. The number of nitrogens with zero attached hydrogens (tertiary/aromatic N) is 2. The Labute approximate surface area is 482 Å². The molecule has 0 N–H and O–H groups in total. The largest absolute Gasteiger partial charge is 0.456 e. The van der Waals surface area contributed by atoms with E-state index in [4.69, 9.17) is 11.0 Å². The molecular weight excluding hydrogens is 980 g/mol. The van der Waals surface area contributed by atoms with Crippen molar-refractivity contribution >= 4 is 84.7 Å². The van der Waals surface area contributed by atoms with E-state index in [2.05, 4.69) is 281 Å². The van der Waals surface area contributed by atoms with Gasteiger partial charge in [0.1, 0.15) is 11.2 Å². The molecule has 3 nitrogen and oxygen atoms in total. The van der Waals surface area contributed by atoms with Gasteiger partial charge in [-0.2, -0.15) is 0 Å². The van der Waals surface area contributed by atoms with Crippen LogP contribution in [0.1, 0.15) is 135 Å². The number of benzene rings is 9. The fraction of sp³-hybridized carbons (Fsp3) is 0.273. The zero-order chi connectivity index (χ0) is 56.5. The third-order valence-electron chi connectivity index (χ3n) is 19.5. The van der Waals surface area contributed by atoms with E-state index < -0.39 is 0 Å². The Kier molecular flexibility index (Phi) is 12.3. The van der Waals surface area contributed by atoms with Gasteiger partial charge in [0.05, 0.1) is 5.69 Å². The van der Waals surface area contributed by atoms with Gasteiger partial charge in [0.2, 0.25) is 6.71 Å². The van der Waals surface area contributed by atoms with E-state index in [1.54, 1.807) is 0 Å². The highest BCUT2D eigenvalue weighted by atomic mass is 16.3. The van der Waals surface area contributed by atoms with Crippen LogP contribution < -0.4 is 26.2 Å². The van der Waals surface area contributed by atoms with Crippen LogP contribution in [0.25, 0.3) is 49.8 Å². The molecule has 0 amide bonds. The molecule has 2 unspecified atom stereocenters. The number of fused-ring (bicyclic) bond motifs is 10. The van der Waals surface area contributed by atoms with Gasteiger partial charge < -0.3 is 14.2 Å². The van der Waals surface area contributed by atoms with Gasteiger partial charge >= 0.3 is 0 Å². The first kappa shape index (κ1) is 52.6. The molecule has 1 fully saturated rings. The van der Waals surface area contributed by atoms with E-state index in [-0.39, 0.29) is 33.8 Å². The molecule has 0 saturated heterocycles. The monoisotopic (exact) mass is 1060 g/mol. The summed E-state index contributed by atoms with van der Waals surface area (Å²) in [7, 11) is 0. The number of rotatable bonds is 6. The van der Waals surface area contributed by atoms with Crippen molar-refractivity contribution in [2.45, 2.75) is 130 Å². The van der Waals surface area contributed by atoms with Crippen LogP contribution in [-0.4, -0.2) is 6.71 Å². The van der Waals surface area contributed by atoms with Crippen LogP contribution >= 0.6 is 0 Å². The average molecular weight is 1060 g/mol. The summed E-state index contributed by atoms with van der Waals surface area (Å²) in [4.78, 5) is 5.11.